The number of carbonyl (C=O) groups is 1. The molecule has 9 N–H and O–H groups in total. The SMILES string of the molecule is CCCCCCCCCC(CCCCCC)OP(=O)(O)O.N=C(N)NCCCC(N)C(=O)O. The van der Waals surface area contributed by atoms with Gasteiger partial charge in [0.1, 0.15) is 6.04 Å². The third-order valence-electron chi connectivity index (χ3n) is 5.12. The Morgan fingerprint density at radius 1 is 0.909 bits per heavy atom. The van der Waals surface area contributed by atoms with Crippen molar-refractivity contribution in [2.75, 3.05) is 6.54 Å². The molecular weight excluding hydrogens is 447 g/mol. The minimum absolute atomic E-state index is 0.112. The van der Waals surface area contributed by atoms with E-state index in [1.54, 1.807) is 0 Å². The molecule has 0 saturated heterocycles. The standard InChI is InChI=1S/C16H35O4P.C6H14N4O2/c1-3-5-7-9-10-11-13-15-16(20-21(17,18)19)14-12-8-6-4-2;7-4(5(11)12)2-1-3-10-6(8)9/h16H,3-15H2,1-2H3,(H2,17,18,19);4H,1-3,7H2,(H,11,12)(H4,8,9,10). The van der Waals surface area contributed by atoms with Gasteiger partial charge >= 0.3 is 13.8 Å². The summed E-state index contributed by atoms with van der Waals surface area (Å²) in [6, 6.07) is -0.821. The fourth-order valence-electron chi connectivity index (χ4n) is 3.24. The monoisotopic (exact) mass is 496 g/mol. The zero-order valence-corrected chi connectivity index (χ0v) is 21.5. The van der Waals surface area contributed by atoms with Crippen molar-refractivity contribution in [3.05, 3.63) is 0 Å². The summed E-state index contributed by atoms with van der Waals surface area (Å²) >= 11 is 0. The summed E-state index contributed by atoms with van der Waals surface area (Å²) in [6.45, 7) is 4.85. The van der Waals surface area contributed by atoms with E-state index in [-0.39, 0.29) is 12.1 Å². The number of hydrogen-bond acceptors (Lipinski definition) is 5. The van der Waals surface area contributed by atoms with Crippen LogP contribution in [0.5, 0.6) is 0 Å². The number of unbranched alkanes of at least 4 members (excludes halogenated alkanes) is 9. The Balaban J connectivity index is 0. The fourth-order valence-corrected chi connectivity index (χ4v) is 3.84. The maximum Gasteiger partial charge on any atom is 0.469 e. The lowest BCUT2D eigenvalue weighted by molar-refractivity contribution is -0.138. The maximum atomic E-state index is 11.0. The minimum atomic E-state index is -4.35. The fraction of sp³-hybridized carbons (Fsp3) is 0.909. The minimum Gasteiger partial charge on any atom is -0.480 e. The predicted octanol–water partition coefficient (Wildman–Crippen LogP) is 4.24. The van der Waals surface area contributed by atoms with Gasteiger partial charge in [-0.1, -0.05) is 84.5 Å². The Labute approximate surface area is 200 Å². The zero-order chi connectivity index (χ0) is 25.5. The van der Waals surface area contributed by atoms with E-state index in [1.165, 1.54) is 44.9 Å². The van der Waals surface area contributed by atoms with Crippen LogP contribution in [-0.4, -0.2) is 45.5 Å². The molecule has 0 heterocycles. The molecule has 10 nitrogen and oxygen atoms in total. The molecule has 0 bridgehead atoms. The van der Waals surface area contributed by atoms with Gasteiger partial charge in [0.05, 0.1) is 6.10 Å². The first kappa shape index (κ1) is 34.0. The highest BCUT2D eigenvalue weighted by molar-refractivity contribution is 7.46. The summed E-state index contributed by atoms with van der Waals surface area (Å²) in [6.07, 6.45) is 15.2. The van der Waals surface area contributed by atoms with Crippen molar-refractivity contribution in [1.29, 1.82) is 5.41 Å². The molecule has 0 saturated carbocycles. The topological polar surface area (TPSA) is 192 Å². The van der Waals surface area contributed by atoms with Crippen LogP contribution < -0.4 is 16.8 Å². The normalized spacial score (nSPS) is 13.0. The smallest absolute Gasteiger partial charge is 0.469 e. The molecule has 0 rings (SSSR count). The maximum absolute atomic E-state index is 11.0. The lowest BCUT2D eigenvalue weighted by Gasteiger charge is -2.18. The van der Waals surface area contributed by atoms with Crippen LogP contribution in [0, 0.1) is 5.41 Å². The van der Waals surface area contributed by atoms with Gasteiger partial charge in [-0.3, -0.25) is 14.7 Å². The molecule has 2 atom stereocenters. The second kappa shape index (κ2) is 22.6. The number of carboxylic acid groups (broad SMARTS) is 1. The first-order valence-electron chi connectivity index (χ1n) is 12.3. The molecule has 198 valence electrons. The molecule has 2 unspecified atom stereocenters. The summed E-state index contributed by atoms with van der Waals surface area (Å²) in [7, 11) is -4.35. The summed E-state index contributed by atoms with van der Waals surface area (Å²) < 4.78 is 15.9. The number of hydrogen-bond donors (Lipinski definition) is 7. The molecular formula is C22H49N4O6P. The number of aliphatic carboxylic acids is 1. The Kier molecular flexibility index (Phi) is 23.3. The first-order chi connectivity index (χ1) is 15.5. The number of nitrogens with two attached hydrogens (primary N) is 2. The molecule has 0 fully saturated rings. The van der Waals surface area contributed by atoms with E-state index >= 15 is 0 Å². The summed E-state index contributed by atoms with van der Waals surface area (Å²) in [5, 5.41) is 17.7. The van der Waals surface area contributed by atoms with Crippen LogP contribution in [-0.2, 0) is 13.9 Å². The second-order valence-corrected chi connectivity index (χ2v) is 9.60. The molecule has 0 amide bonds. The van der Waals surface area contributed by atoms with Crippen molar-refractivity contribution in [2.24, 2.45) is 11.5 Å². The van der Waals surface area contributed by atoms with Gasteiger partial charge in [0, 0.05) is 6.54 Å². The average molecular weight is 497 g/mol. The molecule has 0 spiro atoms. The van der Waals surface area contributed by atoms with Gasteiger partial charge in [-0.15, -0.1) is 0 Å². The van der Waals surface area contributed by atoms with E-state index in [9.17, 15) is 9.36 Å². The van der Waals surface area contributed by atoms with Gasteiger partial charge in [0.2, 0.25) is 0 Å². The number of phosphoric acid groups is 1. The third kappa shape index (κ3) is 28.8. The van der Waals surface area contributed by atoms with Crippen molar-refractivity contribution < 1.29 is 28.8 Å². The van der Waals surface area contributed by atoms with E-state index in [4.69, 9.17) is 36.3 Å². The van der Waals surface area contributed by atoms with E-state index in [1.807, 2.05) is 0 Å². The van der Waals surface area contributed by atoms with Crippen molar-refractivity contribution >= 4 is 19.8 Å². The quantitative estimate of drug-likeness (QED) is 0.0558. The lowest BCUT2D eigenvalue weighted by Crippen LogP contribution is -2.34. The zero-order valence-electron chi connectivity index (χ0n) is 20.6. The lowest BCUT2D eigenvalue weighted by atomic mass is 10.0. The van der Waals surface area contributed by atoms with Gasteiger partial charge in [-0.25, -0.2) is 4.57 Å². The van der Waals surface area contributed by atoms with Crippen LogP contribution >= 0.6 is 7.82 Å². The average Bonchev–Trinajstić information content (AvgIpc) is 2.72. The molecule has 33 heavy (non-hydrogen) atoms. The number of rotatable bonds is 20. The van der Waals surface area contributed by atoms with Crippen molar-refractivity contribution in [3.8, 4) is 0 Å². The first-order valence-corrected chi connectivity index (χ1v) is 13.9. The predicted molar refractivity (Wildman–Crippen MR) is 133 cm³/mol. The summed E-state index contributed by atoms with van der Waals surface area (Å²) in [5.74, 6) is -1.11. The van der Waals surface area contributed by atoms with Crippen molar-refractivity contribution in [1.82, 2.24) is 5.32 Å². The molecule has 0 aliphatic rings. The van der Waals surface area contributed by atoms with Crippen LogP contribution in [0.25, 0.3) is 0 Å². The Hall–Kier alpha value is -1.19. The molecule has 11 heteroatoms. The van der Waals surface area contributed by atoms with E-state index in [2.05, 4.69) is 19.2 Å². The highest BCUT2D eigenvalue weighted by Gasteiger charge is 2.21. The van der Waals surface area contributed by atoms with Crippen LogP contribution in [0.4, 0.5) is 0 Å². The van der Waals surface area contributed by atoms with E-state index in [0.29, 0.717) is 19.4 Å². The molecule has 0 aromatic carbocycles. The molecule has 0 radical (unpaired) electrons. The van der Waals surface area contributed by atoms with Gasteiger partial charge < -0.3 is 31.7 Å². The molecule has 0 aliphatic carbocycles. The Morgan fingerprint density at radius 2 is 1.36 bits per heavy atom. The van der Waals surface area contributed by atoms with Gasteiger partial charge in [0.15, 0.2) is 5.96 Å². The molecule has 0 aromatic rings. The van der Waals surface area contributed by atoms with Crippen molar-refractivity contribution in [2.45, 2.75) is 122 Å². The number of phosphoric ester groups is 1. The van der Waals surface area contributed by atoms with Gasteiger partial charge in [-0.2, -0.15) is 0 Å². The number of carboxylic acids is 1. The summed E-state index contributed by atoms with van der Waals surface area (Å²) in [5.41, 5.74) is 10.2. The third-order valence-corrected chi connectivity index (χ3v) is 5.69. The van der Waals surface area contributed by atoms with Gasteiger partial charge in [0.25, 0.3) is 0 Å². The largest absolute Gasteiger partial charge is 0.480 e. The second-order valence-electron chi connectivity index (χ2n) is 8.40. The Bertz CT molecular complexity index is 533. The highest BCUT2D eigenvalue weighted by Crippen LogP contribution is 2.39. The molecule has 0 aliphatic heterocycles. The summed E-state index contributed by atoms with van der Waals surface area (Å²) in [4.78, 5) is 28.2. The number of nitrogens with one attached hydrogen (secondary N) is 2. The van der Waals surface area contributed by atoms with Crippen LogP contribution in [0.15, 0.2) is 0 Å². The Morgan fingerprint density at radius 3 is 1.79 bits per heavy atom. The highest BCUT2D eigenvalue weighted by atomic mass is 31.2. The van der Waals surface area contributed by atoms with Crippen LogP contribution in [0.2, 0.25) is 0 Å². The molecule has 0 aromatic heterocycles. The van der Waals surface area contributed by atoms with Crippen LogP contribution in [0.3, 0.4) is 0 Å². The van der Waals surface area contributed by atoms with E-state index < -0.39 is 19.8 Å². The van der Waals surface area contributed by atoms with Crippen molar-refractivity contribution in [3.63, 3.8) is 0 Å². The van der Waals surface area contributed by atoms with Crippen LogP contribution in [0.1, 0.15) is 110 Å². The van der Waals surface area contributed by atoms with E-state index in [0.717, 1.165) is 38.5 Å². The number of guanidine groups is 1. The van der Waals surface area contributed by atoms with Gasteiger partial charge in [-0.05, 0) is 25.7 Å².